The van der Waals surface area contributed by atoms with Crippen LogP contribution in [0.25, 0.3) is 11.1 Å². The van der Waals surface area contributed by atoms with E-state index in [2.05, 4.69) is 19.9 Å². The Morgan fingerprint density at radius 2 is 1.14 bits per heavy atom. The standard InChI is InChI=1S/C38H47NO5/c1-3-5-7-9-10-11-13-15-27-44-32-22-18-30(19-23-32)37(40)36-34(38(41)42)25-24-33(35(36)28-39)29-16-20-31(21-17-29)43-26-14-12-8-6-4-2/h16-25H,3-15,26-27H2,1-2H3,(H,41,42). The second-order valence-corrected chi connectivity index (χ2v) is 11.3. The minimum absolute atomic E-state index is 0.0366. The number of nitriles is 1. The molecule has 234 valence electrons. The first-order valence-electron chi connectivity index (χ1n) is 16.3. The summed E-state index contributed by atoms with van der Waals surface area (Å²) in [5.41, 5.74) is 1.22. The molecule has 0 saturated carbocycles. The molecule has 0 spiro atoms. The lowest BCUT2D eigenvalue weighted by Gasteiger charge is -2.14. The molecular formula is C38H47NO5. The molecule has 0 atom stereocenters. The molecular weight excluding hydrogens is 550 g/mol. The van der Waals surface area contributed by atoms with Gasteiger partial charge in [0.15, 0.2) is 5.78 Å². The van der Waals surface area contributed by atoms with Gasteiger partial charge >= 0.3 is 5.97 Å². The lowest BCUT2D eigenvalue weighted by molar-refractivity contribution is 0.0692. The van der Waals surface area contributed by atoms with Crippen molar-refractivity contribution in [3.05, 3.63) is 82.9 Å². The molecule has 0 heterocycles. The van der Waals surface area contributed by atoms with Crippen molar-refractivity contribution in [3.8, 4) is 28.7 Å². The van der Waals surface area contributed by atoms with E-state index >= 15 is 0 Å². The first-order chi connectivity index (χ1) is 21.5. The Bertz CT molecular complexity index is 1360. The van der Waals surface area contributed by atoms with Crippen molar-refractivity contribution >= 4 is 11.8 Å². The van der Waals surface area contributed by atoms with Crippen molar-refractivity contribution in [1.29, 1.82) is 5.26 Å². The quantitative estimate of drug-likeness (QED) is 0.0969. The van der Waals surface area contributed by atoms with Crippen LogP contribution in [0.5, 0.6) is 11.5 Å². The van der Waals surface area contributed by atoms with Crippen LogP contribution in [-0.4, -0.2) is 30.1 Å². The van der Waals surface area contributed by atoms with Gasteiger partial charge in [0.25, 0.3) is 0 Å². The van der Waals surface area contributed by atoms with Crippen molar-refractivity contribution in [3.63, 3.8) is 0 Å². The van der Waals surface area contributed by atoms with Crippen LogP contribution in [0.1, 0.15) is 129 Å². The molecule has 3 rings (SSSR count). The summed E-state index contributed by atoms with van der Waals surface area (Å²) in [4.78, 5) is 25.8. The normalized spacial score (nSPS) is 10.8. The number of hydrogen-bond donors (Lipinski definition) is 1. The van der Waals surface area contributed by atoms with Crippen LogP contribution < -0.4 is 9.47 Å². The number of ketones is 1. The average molecular weight is 598 g/mol. The first-order valence-corrected chi connectivity index (χ1v) is 16.3. The Morgan fingerprint density at radius 3 is 1.61 bits per heavy atom. The third-order valence-electron chi connectivity index (χ3n) is 7.84. The van der Waals surface area contributed by atoms with Crippen LogP contribution in [0.15, 0.2) is 60.7 Å². The highest BCUT2D eigenvalue weighted by atomic mass is 16.5. The van der Waals surface area contributed by atoms with Gasteiger partial charge in [-0.15, -0.1) is 0 Å². The third-order valence-corrected chi connectivity index (χ3v) is 7.84. The van der Waals surface area contributed by atoms with E-state index in [9.17, 15) is 20.0 Å². The maximum Gasteiger partial charge on any atom is 0.336 e. The van der Waals surface area contributed by atoms with E-state index in [0.29, 0.717) is 35.7 Å². The number of carboxylic acids is 1. The maximum absolute atomic E-state index is 13.7. The topological polar surface area (TPSA) is 96.6 Å². The number of unbranched alkanes of at least 4 members (excludes halogenated alkanes) is 11. The second-order valence-electron chi connectivity index (χ2n) is 11.3. The number of rotatable bonds is 21. The van der Waals surface area contributed by atoms with E-state index in [1.807, 2.05) is 24.3 Å². The summed E-state index contributed by atoms with van der Waals surface area (Å²) >= 11 is 0. The fraction of sp³-hybridized carbons (Fsp3) is 0.447. The van der Waals surface area contributed by atoms with Gasteiger partial charge in [0.1, 0.15) is 17.6 Å². The third kappa shape index (κ3) is 10.6. The fourth-order valence-electron chi connectivity index (χ4n) is 5.27. The van der Waals surface area contributed by atoms with E-state index in [4.69, 9.17) is 9.47 Å². The maximum atomic E-state index is 13.7. The van der Waals surface area contributed by atoms with E-state index in [1.165, 1.54) is 63.9 Å². The Balaban J connectivity index is 1.68. The van der Waals surface area contributed by atoms with Crippen molar-refractivity contribution < 1.29 is 24.2 Å². The summed E-state index contributed by atoms with van der Waals surface area (Å²) in [7, 11) is 0. The van der Waals surface area contributed by atoms with Crippen LogP contribution in [0, 0.1) is 11.3 Å². The number of carboxylic acid groups (broad SMARTS) is 1. The van der Waals surface area contributed by atoms with Gasteiger partial charge < -0.3 is 14.6 Å². The van der Waals surface area contributed by atoms with Crippen molar-refractivity contribution in [2.75, 3.05) is 13.2 Å². The molecule has 44 heavy (non-hydrogen) atoms. The molecule has 0 radical (unpaired) electrons. The molecule has 6 heteroatoms. The Kier molecular flexibility index (Phi) is 15.0. The van der Waals surface area contributed by atoms with Gasteiger partial charge in [0.05, 0.1) is 29.9 Å². The first kappa shape index (κ1) is 34.4. The minimum Gasteiger partial charge on any atom is -0.494 e. The number of carbonyl (C=O) groups is 2. The summed E-state index contributed by atoms with van der Waals surface area (Å²) in [5.74, 6) is -0.394. The van der Waals surface area contributed by atoms with Crippen LogP contribution in [0.4, 0.5) is 0 Å². The van der Waals surface area contributed by atoms with E-state index in [-0.39, 0.29) is 16.7 Å². The Hall–Kier alpha value is -4.11. The highest BCUT2D eigenvalue weighted by Crippen LogP contribution is 2.31. The zero-order chi connectivity index (χ0) is 31.6. The predicted octanol–water partition coefficient (Wildman–Crippen LogP) is 10.0. The average Bonchev–Trinajstić information content (AvgIpc) is 3.05. The number of benzene rings is 3. The molecule has 3 aromatic rings. The monoisotopic (exact) mass is 597 g/mol. The summed E-state index contributed by atoms with van der Waals surface area (Å²) in [6, 6.07) is 19.1. The molecule has 6 nitrogen and oxygen atoms in total. The van der Waals surface area contributed by atoms with Gasteiger partial charge in [-0.3, -0.25) is 4.79 Å². The van der Waals surface area contributed by atoms with Gasteiger partial charge in [-0.25, -0.2) is 4.79 Å². The van der Waals surface area contributed by atoms with Crippen LogP contribution >= 0.6 is 0 Å². The predicted molar refractivity (Wildman–Crippen MR) is 176 cm³/mol. The van der Waals surface area contributed by atoms with E-state index in [1.54, 1.807) is 30.3 Å². The van der Waals surface area contributed by atoms with Crippen LogP contribution in [0.3, 0.4) is 0 Å². The molecule has 0 fully saturated rings. The largest absolute Gasteiger partial charge is 0.494 e. The fourth-order valence-corrected chi connectivity index (χ4v) is 5.27. The zero-order valence-corrected chi connectivity index (χ0v) is 26.4. The minimum atomic E-state index is -1.26. The van der Waals surface area contributed by atoms with E-state index in [0.717, 1.165) is 31.4 Å². The van der Waals surface area contributed by atoms with Gasteiger partial charge in [0, 0.05) is 11.1 Å². The summed E-state index contributed by atoms with van der Waals surface area (Å²) in [6.07, 6.45) is 15.5. The van der Waals surface area contributed by atoms with Gasteiger partial charge in [-0.1, -0.05) is 103 Å². The molecule has 0 aliphatic carbocycles. The molecule has 0 aliphatic heterocycles. The molecule has 0 unspecified atom stereocenters. The lowest BCUT2D eigenvalue weighted by atomic mass is 9.88. The van der Waals surface area contributed by atoms with Crippen molar-refractivity contribution in [2.45, 2.75) is 97.3 Å². The Morgan fingerprint density at radius 1 is 0.659 bits per heavy atom. The molecule has 0 aromatic heterocycles. The van der Waals surface area contributed by atoms with Gasteiger partial charge in [-0.2, -0.15) is 5.26 Å². The van der Waals surface area contributed by atoms with Crippen LogP contribution in [-0.2, 0) is 0 Å². The Labute approximate surface area is 263 Å². The zero-order valence-electron chi connectivity index (χ0n) is 26.4. The summed E-state index contributed by atoms with van der Waals surface area (Å²) < 4.78 is 11.7. The number of aromatic carboxylic acids is 1. The van der Waals surface area contributed by atoms with Gasteiger partial charge in [-0.05, 0) is 60.9 Å². The molecule has 0 bridgehead atoms. The molecule has 0 saturated heterocycles. The number of ether oxygens (including phenoxy) is 2. The van der Waals surface area contributed by atoms with Gasteiger partial charge in [0.2, 0.25) is 0 Å². The molecule has 0 amide bonds. The summed E-state index contributed by atoms with van der Waals surface area (Å²) in [6.45, 7) is 5.66. The van der Waals surface area contributed by atoms with Crippen LogP contribution in [0.2, 0.25) is 0 Å². The lowest BCUT2D eigenvalue weighted by Crippen LogP contribution is -2.13. The smallest absolute Gasteiger partial charge is 0.336 e. The number of hydrogen-bond acceptors (Lipinski definition) is 5. The number of carbonyl (C=O) groups excluding carboxylic acids is 1. The van der Waals surface area contributed by atoms with Crippen molar-refractivity contribution in [2.24, 2.45) is 0 Å². The summed E-state index contributed by atoms with van der Waals surface area (Å²) in [5, 5.41) is 20.0. The molecule has 1 N–H and O–H groups in total. The highest BCUT2D eigenvalue weighted by molar-refractivity contribution is 6.16. The van der Waals surface area contributed by atoms with Crippen molar-refractivity contribution in [1.82, 2.24) is 0 Å². The molecule has 3 aromatic carbocycles. The highest BCUT2D eigenvalue weighted by Gasteiger charge is 2.25. The SMILES string of the molecule is CCCCCCCCCCOc1ccc(C(=O)c2c(C(=O)O)ccc(-c3ccc(OCCCCCCC)cc3)c2C#N)cc1. The second kappa shape index (κ2) is 19.2. The molecule has 0 aliphatic rings. The number of nitrogens with zero attached hydrogens (tertiary/aromatic N) is 1. The van der Waals surface area contributed by atoms with E-state index < -0.39 is 11.8 Å².